The van der Waals surface area contributed by atoms with E-state index in [4.69, 9.17) is 0 Å². The van der Waals surface area contributed by atoms with Crippen LogP contribution in [0.2, 0.25) is 0 Å². The molecule has 0 spiro atoms. The molecule has 2 nitrogen and oxygen atoms in total. The number of nitrogens with zero attached hydrogens (tertiary/aromatic N) is 1. The lowest BCUT2D eigenvalue weighted by Crippen LogP contribution is -2.24. The zero-order valence-electron chi connectivity index (χ0n) is 13.2. The molecule has 20 heavy (non-hydrogen) atoms. The molecular formula is C17H24N2S. The van der Waals surface area contributed by atoms with Gasteiger partial charge in [-0.25, -0.2) is 4.98 Å². The third kappa shape index (κ3) is 3.28. The summed E-state index contributed by atoms with van der Waals surface area (Å²) in [6.07, 6.45) is 0. The number of hydrogen-bond donors (Lipinski definition) is 1. The largest absolute Gasteiger partial charge is 0.302 e. The van der Waals surface area contributed by atoms with Crippen molar-refractivity contribution in [2.45, 2.75) is 53.6 Å². The highest BCUT2D eigenvalue weighted by Gasteiger charge is 2.17. The maximum Gasteiger partial charge on any atom is 0.0900 e. The number of thiazole rings is 1. The van der Waals surface area contributed by atoms with E-state index in [0.717, 1.165) is 5.01 Å². The van der Waals surface area contributed by atoms with Crippen LogP contribution in [0.5, 0.6) is 0 Å². The quantitative estimate of drug-likeness (QED) is 0.875. The number of hydrogen-bond acceptors (Lipinski definition) is 3. The highest BCUT2D eigenvalue weighted by Crippen LogP contribution is 2.26. The Balaban J connectivity index is 2.17. The van der Waals surface area contributed by atoms with Crippen LogP contribution in [-0.4, -0.2) is 4.98 Å². The maximum absolute atomic E-state index is 4.65. The van der Waals surface area contributed by atoms with Crippen LogP contribution in [0.1, 0.15) is 58.2 Å². The van der Waals surface area contributed by atoms with Crippen molar-refractivity contribution in [2.24, 2.45) is 0 Å². The SMILES string of the molecule is Cc1ccc(C)c(C(C)NC(C)c2nc(C)sc2C)c1. The van der Waals surface area contributed by atoms with Gasteiger partial charge in [-0.2, -0.15) is 0 Å². The van der Waals surface area contributed by atoms with Gasteiger partial charge in [0.05, 0.1) is 10.7 Å². The molecule has 2 unspecified atom stereocenters. The van der Waals surface area contributed by atoms with Crippen LogP contribution in [0.25, 0.3) is 0 Å². The summed E-state index contributed by atoms with van der Waals surface area (Å²) >= 11 is 1.77. The first-order valence-electron chi connectivity index (χ1n) is 7.15. The van der Waals surface area contributed by atoms with Gasteiger partial charge in [-0.3, -0.25) is 0 Å². The van der Waals surface area contributed by atoms with E-state index in [9.17, 15) is 0 Å². The summed E-state index contributed by atoms with van der Waals surface area (Å²) in [5, 5.41) is 4.82. The summed E-state index contributed by atoms with van der Waals surface area (Å²) in [5.41, 5.74) is 5.22. The fourth-order valence-electron chi connectivity index (χ4n) is 2.72. The van der Waals surface area contributed by atoms with E-state index < -0.39 is 0 Å². The smallest absolute Gasteiger partial charge is 0.0900 e. The van der Waals surface area contributed by atoms with Gasteiger partial charge < -0.3 is 5.32 Å². The molecule has 0 radical (unpaired) electrons. The Morgan fingerprint density at radius 1 is 1.05 bits per heavy atom. The Labute approximate surface area is 126 Å². The minimum atomic E-state index is 0.273. The average molecular weight is 288 g/mol. The van der Waals surface area contributed by atoms with Gasteiger partial charge in [0, 0.05) is 17.0 Å². The first-order valence-corrected chi connectivity index (χ1v) is 7.97. The Hall–Kier alpha value is -1.19. The third-order valence-electron chi connectivity index (χ3n) is 3.75. The molecule has 0 aliphatic heterocycles. The van der Waals surface area contributed by atoms with Crippen LogP contribution in [0, 0.1) is 27.7 Å². The van der Waals surface area contributed by atoms with Crippen LogP contribution in [-0.2, 0) is 0 Å². The normalized spacial score (nSPS) is 14.3. The molecule has 0 aliphatic rings. The topological polar surface area (TPSA) is 24.9 Å². The molecule has 2 atom stereocenters. The van der Waals surface area contributed by atoms with Gasteiger partial charge in [0.1, 0.15) is 0 Å². The maximum atomic E-state index is 4.65. The summed E-state index contributed by atoms with van der Waals surface area (Å²) < 4.78 is 0. The molecule has 3 heteroatoms. The predicted octanol–water partition coefficient (Wildman–Crippen LogP) is 4.79. The summed E-state index contributed by atoms with van der Waals surface area (Å²) in [6, 6.07) is 7.24. The average Bonchev–Trinajstić information content (AvgIpc) is 2.71. The van der Waals surface area contributed by atoms with Crippen LogP contribution in [0.15, 0.2) is 18.2 Å². The van der Waals surface area contributed by atoms with Crippen molar-refractivity contribution >= 4 is 11.3 Å². The van der Waals surface area contributed by atoms with Crippen molar-refractivity contribution < 1.29 is 0 Å². The van der Waals surface area contributed by atoms with Crippen molar-refractivity contribution in [3.8, 4) is 0 Å². The highest BCUT2D eigenvalue weighted by molar-refractivity contribution is 7.11. The van der Waals surface area contributed by atoms with E-state index in [1.54, 1.807) is 11.3 Å². The second-order valence-corrected chi connectivity index (χ2v) is 7.05. The number of nitrogens with one attached hydrogen (secondary N) is 1. The monoisotopic (exact) mass is 288 g/mol. The molecule has 0 saturated carbocycles. The molecule has 1 heterocycles. The summed E-state index contributed by atoms with van der Waals surface area (Å²) in [7, 11) is 0. The minimum Gasteiger partial charge on any atom is -0.302 e. The zero-order chi connectivity index (χ0) is 14.9. The molecule has 2 rings (SSSR count). The van der Waals surface area contributed by atoms with Crippen LogP contribution in [0.3, 0.4) is 0 Å². The van der Waals surface area contributed by atoms with Gasteiger partial charge >= 0.3 is 0 Å². The molecule has 0 amide bonds. The van der Waals surface area contributed by atoms with Crippen molar-refractivity contribution in [3.63, 3.8) is 0 Å². The van der Waals surface area contributed by atoms with Crippen molar-refractivity contribution in [1.82, 2.24) is 10.3 Å². The van der Waals surface area contributed by atoms with E-state index in [-0.39, 0.29) is 6.04 Å². The summed E-state index contributed by atoms with van der Waals surface area (Å²) in [5.74, 6) is 0. The molecular weight excluding hydrogens is 264 g/mol. The van der Waals surface area contributed by atoms with E-state index in [1.807, 2.05) is 0 Å². The lowest BCUT2D eigenvalue weighted by molar-refractivity contribution is 0.484. The van der Waals surface area contributed by atoms with Crippen LogP contribution in [0.4, 0.5) is 0 Å². The molecule has 0 bridgehead atoms. The van der Waals surface area contributed by atoms with Crippen molar-refractivity contribution in [2.75, 3.05) is 0 Å². The van der Waals surface area contributed by atoms with E-state index in [1.165, 1.54) is 27.3 Å². The molecule has 0 fully saturated rings. The fourth-order valence-corrected chi connectivity index (χ4v) is 3.63. The lowest BCUT2D eigenvalue weighted by Gasteiger charge is -2.21. The first-order chi connectivity index (χ1) is 9.38. The van der Waals surface area contributed by atoms with Gasteiger partial charge in [0.2, 0.25) is 0 Å². The van der Waals surface area contributed by atoms with Crippen molar-refractivity contribution in [3.05, 3.63) is 50.5 Å². The third-order valence-corrected chi connectivity index (χ3v) is 4.65. The van der Waals surface area contributed by atoms with Gasteiger partial charge in [-0.1, -0.05) is 23.8 Å². The van der Waals surface area contributed by atoms with E-state index >= 15 is 0 Å². The molecule has 0 saturated heterocycles. The predicted molar refractivity (Wildman–Crippen MR) is 87.5 cm³/mol. The van der Waals surface area contributed by atoms with Crippen LogP contribution >= 0.6 is 11.3 Å². The number of aromatic nitrogens is 1. The number of benzene rings is 1. The van der Waals surface area contributed by atoms with Gasteiger partial charge in [-0.15, -0.1) is 11.3 Å². The van der Waals surface area contributed by atoms with Crippen LogP contribution < -0.4 is 5.32 Å². The summed E-state index contributed by atoms with van der Waals surface area (Å²) in [4.78, 5) is 5.97. The van der Waals surface area contributed by atoms with Gasteiger partial charge in [0.25, 0.3) is 0 Å². The molecule has 108 valence electrons. The number of aryl methyl sites for hydroxylation is 4. The Bertz CT molecular complexity index is 601. The van der Waals surface area contributed by atoms with E-state index in [0.29, 0.717) is 6.04 Å². The van der Waals surface area contributed by atoms with Gasteiger partial charge in [-0.05, 0) is 52.7 Å². The fraction of sp³-hybridized carbons (Fsp3) is 0.471. The highest BCUT2D eigenvalue weighted by atomic mass is 32.1. The molecule has 0 aliphatic carbocycles. The standard InChI is InChI=1S/C17H24N2S/c1-10-7-8-11(2)16(9-10)12(3)18-13(4)17-14(5)20-15(6)19-17/h7-9,12-13,18H,1-6H3. The summed E-state index contributed by atoms with van der Waals surface area (Å²) in [6.45, 7) is 13.0. The first kappa shape index (κ1) is 15.2. The molecule has 1 aromatic carbocycles. The minimum absolute atomic E-state index is 0.273. The van der Waals surface area contributed by atoms with Gasteiger partial charge in [0.15, 0.2) is 0 Å². The van der Waals surface area contributed by atoms with E-state index in [2.05, 4.69) is 70.0 Å². The second kappa shape index (κ2) is 6.06. The lowest BCUT2D eigenvalue weighted by atomic mass is 9.99. The Morgan fingerprint density at radius 3 is 2.35 bits per heavy atom. The zero-order valence-corrected chi connectivity index (χ0v) is 14.1. The molecule has 1 N–H and O–H groups in total. The number of rotatable bonds is 4. The molecule has 1 aromatic heterocycles. The molecule has 2 aromatic rings. The Morgan fingerprint density at radius 2 is 1.75 bits per heavy atom. The van der Waals surface area contributed by atoms with Crippen molar-refractivity contribution in [1.29, 1.82) is 0 Å². The Kier molecular flexibility index (Phi) is 4.61. The second-order valence-electron chi connectivity index (χ2n) is 5.64.